The number of fused-ring (bicyclic) bond motifs is 1. The monoisotopic (exact) mass is 389 g/mol. The number of ether oxygens (including phenoxy) is 1. The van der Waals surface area contributed by atoms with Crippen LogP contribution in [0.4, 0.5) is 10.6 Å². The van der Waals surface area contributed by atoms with Crippen molar-refractivity contribution in [1.82, 2.24) is 20.6 Å². The molecule has 146 valence electrons. The molecule has 2 aromatic carbocycles. The Bertz CT molecular complexity index is 1090. The summed E-state index contributed by atoms with van der Waals surface area (Å²) in [6.45, 7) is 3.02. The fourth-order valence-electron chi connectivity index (χ4n) is 3.65. The molecule has 29 heavy (non-hydrogen) atoms. The lowest BCUT2D eigenvalue weighted by Crippen LogP contribution is -2.36. The molecule has 0 spiro atoms. The lowest BCUT2D eigenvalue weighted by molar-refractivity contribution is -0.120. The first-order valence-electron chi connectivity index (χ1n) is 9.48. The lowest BCUT2D eigenvalue weighted by Gasteiger charge is -2.27. The van der Waals surface area contributed by atoms with Crippen molar-refractivity contribution in [2.24, 2.45) is 0 Å². The second-order valence-corrected chi connectivity index (χ2v) is 7.05. The number of carbonyl (C=O) groups excluding carboxylic acids is 2. The maximum atomic E-state index is 11.8. The van der Waals surface area contributed by atoms with Crippen LogP contribution in [0.1, 0.15) is 11.6 Å². The van der Waals surface area contributed by atoms with Crippen molar-refractivity contribution >= 4 is 28.8 Å². The number of urea groups is 1. The Balaban J connectivity index is 1.43. The second-order valence-electron chi connectivity index (χ2n) is 7.05. The number of morpholine rings is 1. The van der Waals surface area contributed by atoms with Crippen molar-refractivity contribution in [3.8, 4) is 11.1 Å². The number of rotatable bonds is 3. The van der Waals surface area contributed by atoms with Gasteiger partial charge in [0, 0.05) is 13.1 Å². The van der Waals surface area contributed by atoms with E-state index in [4.69, 9.17) is 9.72 Å². The zero-order valence-electron chi connectivity index (χ0n) is 15.6. The van der Waals surface area contributed by atoms with Crippen LogP contribution in [0.25, 0.3) is 22.2 Å². The van der Waals surface area contributed by atoms with Gasteiger partial charge in [-0.3, -0.25) is 15.1 Å². The molecule has 8 nitrogen and oxygen atoms in total. The second kappa shape index (κ2) is 7.14. The molecule has 5 rings (SSSR count). The quantitative estimate of drug-likeness (QED) is 0.666. The summed E-state index contributed by atoms with van der Waals surface area (Å²) < 4.78 is 5.41. The van der Waals surface area contributed by atoms with Crippen LogP contribution in [-0.4, -0.2) is 48.2 Å². The number of aromatic nitrogens is 2. The number of benzene rings is 2. The molecule has 2 N–H and O–H groups in total. The molecular formula is C21H19N5O3. The van der Waals surface area contributed by atoms with Crippen molar-refractivity contribution in [3.63, 3.8) is 0 Å². The number of anilines is 1. The summed E-state index contributed by atoms with van der Waals surface area (Å²) in [5, 5.41) is 4.86. The number of hydrogen-bond donors (Lipinski definition) is 2. The van der Waals surface area contributed by atoms with E-state index in [-0.39, 0.29) is 5.91 Å². The van der Waals surface area contributed by atoms with Gasteiger partial charge >= 0.3 is 6.03 Å². The summed E-state index contributed by atoms with van der Waals surface area (Å²) in [4.78, 5) is 34.7. The minimum Gasteiger partial charge on any atom is -0.378 e. The Morgan fingerprint density at radius 2 is 1.72 bits per heavy atom. The Morgan fingerprint density at radius 1 is 0.966 bits per heavy atom. The number of amides is 3. The first-order chi connectivity index (χ1) is 14.2. The number of hydrogen-bond acceptors (Lipinski definition) is 6. The summed E-state index contributed by atoms with van der Waals surface area (Å²) >= 11 is 0. The van der Waals surface area contributed by atoms with E-state index < -0.39 is 12.1 Å². The van der Waals surface area contributed by atoms with E-state index in [1.165, 1.54) is 0 Å². The van der Waals surface area contributed by atoms with Crippen molar-refractivity contribution in [2.45, 2.75) is 6.04 Å². The van der Waals surface area contributed by atoms with E-state index in [0.29, 0.717) is 13.2 Å². The number of nitrogens with one attached hydrogen (secondary N) is 2. The van der Waals surface area contributed by atoms with Crippen molar-refractivity contribution in [1.29, 1.82) is 0 Å². The van der Waals surface area contributed by atoms with Crippen LogP contribution in [0.2, 0.25) is 0 Å². The largest absolute Gasteiger partial charge is 0.378 e. The van der Waals surface area contributed by atoms with Gasteiger partial charge in [-0.1, -0.05) is 30.3 Å². The highest BCUT2D eigenvalue weighted by Gasteiger charge is 2.30. The van der Waals surface area contributed by atoms with Gasteiger partial charge in [0.1, 0.15) is 11.9 Å². The molecule has 3 aromatic rings. The topological polar surface area (TPSA) is 96.5 Å². The van der Waals surface area contributed by atoms with Gasteiger partial charge in [0.25, 0.3) is 5.91 Å². The molecule has 0 saturated carbocycles. The van der Waals surface area contributed by atoms with Crippen LogP contribution in [0.3, 0.4) is 0 Å². The highest BCUT2D eigenvalue weighted by molar-refractivity contribution is 6.04. The number of carbonyl (C=O) groups is 2. The van der Waals surface area contributed by atoms with Gasteiger partial charge in [0.05, 0.1) is 30.4 Å². The predicted molar refractivity (Wildman–Crippen MR) is 107 cm³/mol. The van der Waals surface area contributed by atoms with E-state index in [2.05, 4.69) is 20.5 Å². The normalized spacial score (nSPS) is 19.3. The number of imide groups is 1. The van der Waals surface area contributed by atoms with E-state index in [1.54, 1.807) is 0 Å². The highest BCUT2D eigenvalue weighted by Crippen LogP contribution is 2.26. The van der Waals surface area contributed by atoms with Crippen LogP contribution in [-0.2, 0) is 9.53 Å². The fraction of sp³-hybridized carbons (Fsp3) is 0.238. The summed E-state index contributed by atoms with van der Waals surface area (Å²) in [5.74, 6) is 0.524. The third kappa shape index (κ3) is 3.38. The standard InChI is InChI=1S/C21H19N5O3/c27-20-19(24-21(28)25-20)14-3-1-13(2-4-14)15-5-6-16-17(11-15)23-18(12-22-16)26-7-9-29-10-8-26/h1-6,11-12,19H,7-10H2,(H2,24,25,27,28). The zero-order valence-corrected chi connectivity index (χ0v) is 15.6. The predicted octanol–water partition coefficient (Wildman–Crippen LogP) is 2.01. The van der Waals surface area contributed by atoms with Gasteiger partial charge < -0.3 is 15.0 Å². The fourth-order valence-corrected chi connectivity index (χ4v) is 3.65. The molecule has 0 radical (unpaired) electrons. The highest BCUT2D eigenvalue weighted by atomic mass is 16.5. The number of nitrogens with zero attached hydrogens (tertiary/aromatic N) is 3. The smallest absolute Gasteiger partial charge is 0.322 e. The molecule has 3 amide bonds. The molecule has 1 atom stereocenters. The minimum absolute atomic E-state index is 0.334. The molecule has 2 aliphatic heterocycles. The van der Waals surface area contributed by atoms with E-state index >= 15 is 0 Å². The van der Waals surface area contributed by atoms with Crippen LogP contribution in [0.5, 0.6) is 0 Å². The lowest BCUT2D eigenvalue weighted by atomic mass is 10.0. The van der Waals surface area contributed by atoms with E-state index in [1.807, 2.05) is 48.7 Å². The molecule has 1 aromatic heterocycles. The van der Waals surface area contributed by atoms with Gasteiger partial charge in [-0.15, -0.1) is 0 Å². The molecule has 8 heteroatoms. The zero-order chi connectivity index (χ0) is 19.8. The summed E-state index contributed by atoms with van der Waals surface area (Å²) in [6.07, 6.45) is 1.81. The molecule has 3 heterocycles. The van der Waals surface area contributed by atoms with Gasteiger partial charge in [-0.25, -0.2) is 9.78 Å². The average molecular weight is 389 g/mol. The van der Waals surface area contributed by atoms with Gasteiger partial charge in [-0.05, 0) is 28.8 Å². The summed E-state index contributed by atoms with van der Waals surface area (Å²) in [7, 11) is 0. The van der Waals surface area contributed by atoms with Crippen molar-refractivity contribution < 1.29 is 14.3 Å². The molecule has 1 unspecified atom stereocenters. The molecule has 2 aliphatic rings. The third-order valence-corrected chi connectivity index (χ3v) is 5.22. The maximum absolute atomic E-state index is 11.8. The van der Waals surface area contributed by atoms with Gasteiger partial charge in [-0.2, -0.15) is 0 Å². The van der Waals surface area contributed by atoms with Crippen molar-refractivity contribution in [3.05, 3.63) is 54.2 Å². The van der Waals surface area contributed by atoms with Crippen LogP contribution in [0, 0.1) is 0 Å². The third-order valence-electron chi connectivity index (χ3n) is 5.22. The minimum atomic E-state index is -0.643. The molecule has 2 saturated heterocycles. The summed E-state index contributed by atoms with van der Waals surface area (Å²) in [5.41, 5.74) is 4.43. The van der Waals surface area contributed by atoms with E-state index in [9.17, 15) is 9.59 Å². The van der Waals surface area contributed by atoms with E-state index in [0.717, 1.165) is 46.6 Å². The van der Waals surface area contributed by atoms with Gasteiger partial charge in [0.15, 0.2) is 0 Å². The first-order valence-corrected chi connectivity index (χ1v) is 9.48. The first kappa shape index (κ1) is 17.6. The van der Waals surface area contributed by atoms with Gasteiger partial charge in [0.2, 0.25) is 0 Å². The average Bonchev–Trinajstić information content (AvgIpc) is 3.11. The van der Waals surface area contributed by atoms with Crippen LogP contribution >= 0.6 is 0 Å². The Hall–Kier alpha value is -3.52. The van der Waals surface area contributed by atoms with Crippen LogP contribution in [0.15, 0.2) is 48.7 Å². The molecule has 0 aliphatic carbocycles. The Kier molecular flexibility index (Phi) is 4.33. The van der Waals surface area contributed by atoms with Crippen molar-refractivity contribution in [2.75, 3.05) is 31.2 Å². The Labute approximate surface area is 166 Å². The SMILES string of the molecule is O=C1NC(=O)C(c2ccc(-c3ccc4ncc(N5CCOCC5)nc4c3)cc2)N1. The Morgan fingerprint density at radius 3 is 2.45 bits per heavy atom. The van der Waals surface area contributed by atoms with Crippen LogP contribution < -0.4 is 15.5 Å². The molecule has 0 bridgehead atoms. The summed E-state index contributed by atoms with van der Waals surface area (Å²) in [6, 6.07) is 12.5. The molecule has 2 fully saturated rings. The molecular weight excluding hydrogens is 370 g/mol. The maximum Gasteiger partial charge on any atom is 0.322 e.